The topological polar surface area (TPSA) is 82.5 Å². The first-order valence-electron chi connectivity index (χ1n) is 8.65. The van der Waals surface area contributed by atoms with Crippen molar-refractivity contribution < 1.29 is 27.8 Å². The minimum Gasteiger partial charge on any atom is -0.465 e. The Balaban J connectivity index is 2.34. The zero-order chi connectivity index (χ0) is 20.0. The number of carbonyl (C=O) groups is 2. The van der Waals surface area contributed by atoms with Gasteiger partial charge in [-0.05, 0) is 19.4 Å². The Morgan fingerprint density at radius 1 is 1.37 bits per heavy atom. The van der Waals surface area contributed by atoms with E-state index in [2.05, 4.69) is 10.4 Å². The van der Waals surface area contributed by atoms with Gasteiger partial charge in [0.2, 0.25) is 0 Å². The molecule has 0 aliphatic heterocycles. The van der Waals surface area contributed by atoms with E-state index < -0.39 is 35.6 Å². The van der Waals surface area contributed by atoms with Gasteiger partial charge < -0.3 is 14.8 Å². The minimum atomic E-state index is -2.91. The number of amides is 1. The van der Waals surface area contributed by atoms with Gasteiger partial charge in [-0.3, -0.25) is 14.3 Å². The molecule has 1 amide bonds. The summed E-state index contributed by atoms with van der Waals surface area (Å²) in [6, 6.07) is 0. The molecule has 7 nitrogen and oxygen atoms in total. The summed E-state index contributed by atoms with van der Waals surface area (Å²) in [5.41, 5.74) is -2.46. The van der Waals surface area contributed by atoms with Crippen LogP contribution in [-0.4, -0.2) is 40.6 Å². The average molecular weight is 383 g/mol. The van der Waals surface area contributed by atoms with Gasteiger partial charge in [-0.15, -0.1) is 0 Å². The number of carbonyl (C=O) groups excluding carboxylic acids is 2. The first-order chi connectivity index (χ1) is 12.8. The van der Waals surface area contributed by atoms with E-state index in [4.69, 9.17) is 9.47 Å². The monoisotopic (exact) mass is 383 g/mol. The number of halogens is 2. The smallest absolute Gasteiger partial charge is 0.318 e. The molecule has 1 aromatic heterocycles. The zero-order valence-corrected chi connectivity index (χ0v) is 15.4. The molecule has 0 saturated heterocycles. The quantitative estimate of drug-likeness (QED) is 0.551. The van der Waals surface area contributed by atoms with Crippen molar-refractivity contribution in [2.45, 2.75) is 32.4 Å². The Morgan fingerprint density at radius 2 is 2.11 bits per heavy atom. The number of allylic oxidation sites excluding steroid dienone is 2. The second kappa shape index (κ2) is 8.90. The molecular formula is C18H23F2N3O4. The van der Waals surface area contributed by atoms with Gasteiger partial charge in [-0.2, -0.15) is 5.10 Å². The van der Waals surface area contributed by atoms with Crippen LogP contribution in [0, 0.1) is 5.92 Å². The molecule has 2 rings (SSSR count). The Bertz CT molecular complexity index is 745. The summed E-state index contributed by atoms with van der Waals surface area (Å²) in [7, 11) is 1.44. The SMILES string of the molecule is CCCOC(=O)[C@H]1C=CC=CC1(NC(=O)c1cn(C)nc1C(F)F)OCC. The molecule has 0 radical (unpaired) electrons. The number of aromatic nitrogens is 2. The molecule has 1 aromatic rings. The Morgan fingerprint density at radius 3 is 2.74 bits per heavy atom. The molecule has 0 fully saturated rings. The maximum atomic E-state index is 13.2. The lowest BCUT2D eigenvalue weighted by molar-refractivity contribution is -0.157. The van der Waals surface area contributed by atoms with Crippen molar-refractivity contribution in [2.75, 3.05) is 13.2 Å². The molecule has 27 heavy (non-hydrogen) atoms. The summed E-state index contributed by atoms with van der Waals surface area (Å²) >= 11 is 0. The molecule has 2 atom stereocenters. The van der Waals surface area contributed by atoms with Crippen LogP contribution >= 0.6 is 0 Å². The maximum Gasteiger partial charge on any atom is 0.318 e. The highest BCUT2D eigenvalue weighted by molar-refractivity contribution is 5.96. The number of nitrogens with zero attached hydrogens (tertiary/aromatic N) is 2. The number of hydrogen-bond donors (Lipinski definition) is 1. The molecule has 9 heteroatoms. The molecule has 0 spiro atoms. The van der Waals surface area contributed by atoms with Crippen molar-refractivity contribution in [3.63, 3.8) is 0 Å². The Kier molecular flexibility index (Phi) is 6.84. The van der Waals surface area contributed by atoms with E-state index in [9.17, 15) is 18.4 Å². The fraction of sp³-hybridized carbons (Fsp3) is 0.500. The summed E-state index contributed by atoms with van der Waals surface area (Å²) in [6.45, 7) is 3.95. The number of alkyl halides is 2. The van der Waals surface area contributed by atoms with Crippen LogP contribution in [0.5, 0.6) is 0 Å². The summed E-state index contributed by atoms with van der Waals surface area (Å²) in [6.07, 6.45) is 5.22. The van der Waals surface area contributed by atoms with Gasteiger partial charge in [-0.1, -0.05) is 25.2 Å². The van der Waals surface area contributed by atoms with E-state index in [1.54, 1.807) is 25.2 Å². The maximum absolute atomic E-state index is 13.2. The zero-order valence-electron chi connectivity index (χ0n) is 15.4. The van der Waals surface area contributed by atoms with Gasteiger partial charge in [0, 0.05) is 19.9 Å². The van der Waals surface area contributed by atoms with Crippen molar-refractivity contribution in [3.8, 4) is 0 Å². The molecule has 0 saturated carbocycles. The van der Waals surface area contributed by atoms with Gasteiger partial charge in [0.1, 0.15) is 11.6 Å². The van der Waals surface area contributed by atoms with Crippen LogP contribution < -0.4 is 5.32 Å². The first-order valence-corrected chi connectivity index (χ1v) is 8.65. The van der Waals surface area contributed by atoms with Crippen LogP contribution in [0.25, 0.3) is 0 Å². The van der Waals surface area contributed by atoms with Crippen molar-refractivity contribution in [1.82, 2.24) is 15.1 Å². The number of hydrogen-bond acceptors (Lipinski definition) is 5. The lowest BCUT2D eigenvalue weighted by atomic mass is 9.90. The van der Waals surface area contributed by atoms with Crippen LogP contribution in [0.15, 0.2) is 30.5 Å². The van der Waals surface area contributed by atoms with E-state index in [-0.39, 0.29) is 18.8 Å². The highest BCUT2D eigenvalue weighted by Gasteiger charge is 2.45. The molecule has 0 aromatic carbocycles. The van der Waals surface area contributed by atoms with Crippen LogP contribution in [0.3, 0.4) is 0 Å². The van der Waals surface area contributed by atoms with Gasteiger partial charge >= 0.3 is 5.97 Å². The first kappa shape index (κ1) is 20.8. The highest BCUT2D eigenvalue weighted by atomic mass is 19.3. The third-order valence-corrected chi connectivity index (χ3v) is 3.92. The lowest BCUT2D eigenvalue weighted by Gasteiger charge is -2.37. The molecule has 1 aliphatic carbocycles. The van der Waals surface area contributed by atoms with Crippen molar-refractivity contribution in [3.05, 3.63) is 41.8 Å². The Hall–Kier alpha value is -2.55. The van der Waals surface area contributed by atoms with Crippen molar-refractivity contribution in [2.24, 2.45) is 13.0 Å². The molecule has 1 aliphatic rings. The largest absolute Gasteiger partial charge is 0.465 e. The van der Waals surface area contributed by atoms with Crippen LogP contribution in [0.4, 0.5) is 8.78 Å². The molecule has 1 heterocycles. The summed E-state index contributed by atoms with van der Waals surface area (Å²) in [4.78, 5) is 25.2. The second-order valence-electron chi connectivity index (χ2n) is 5.97. The number of esters is 1. The second-order valence-corrected chi connectivity index (χ2v) is 5.97. The predicted molar refractivity (Wildman–Crippen MR) is 93.0 cm³/mol. The predicted octanol–water partition coefficient (Wildman–Crippen LogP) is 2.52. The van der Waals surface area contributed by atoms with Crippen molar-refractivity contribution in [1.29, 1.82) is 0 Å². The fourth-order valence-electron chi connectivity index (χ4n) is 2.79. The molecule has 0 bridgehead atoms. The number of aryl methyl sites for hydroxylation is 1. The molecule has 148 valence electrons. The van der Waals surface area contributed by atoms with Gasteiger partial charge in [-0.25, -0.2) is 8.78 Å². The summed E-state index contributed by atoms with van der Waals surface area (Å²) in [5.74, 6) is -2.35. The number of ether oxygens (including phenoxy) is 2. The lowest BCUT2D eigenvalue weighted by Crippen LogP contribution is -2.57. The van der Waals surface area contributed by atoms with E-state index in [1.807, 2.05) is 6.92 Å². The molecular weight excluding hydrogens is 360 g/mol. The normalized spacial score (nSPS) is 21.5. The number of nitrogens with one attached hydrogen (secondary N) is 1. The Labute approximate surface area is 156 Å². The van der Waals surface area contributed by atoms with E-state index in [0.29, 0.717) is 6.42 Å². The van der Waals surface area contributed by atoms with E-state index in [1.165, 1.54) is 19.3 Å². The van der Waals surface area contributed by atoms with Crippen LogP contribution in [-0.2, 0) is 21.3 Å². The average Bonchev–Trinajstić information content (AvgIpc) is 3.02. The highest BCUT2D eigenvalue weighted by Crippen LogP contribution is 2.29. The minimum absolute atomic E-state index is 0.171. The molecule has 1 unspecified atom stereocenters. The number of rotatable bonds is 8. The third kappa shape index (κ3) is 4.60. The fourth-order valence-corrected chi connectivity index (χ4v) is 2.79. The third-order valence-electron chi connectivity index (χ3n) is 3.92. The van der Waals surface area contributed by atoms with Gasteiger partial charge in [0.05, 0.1) is 12.2 Å². The van der Waals surface area contributed by atoms with E-state index in [0.717, 1.165) is 4.68 Å². The van der Waals surface area contributed by atoms with E-state index >= 15 is 0 Å². The van der Waals surface area contributed by atoms with Gasteiger partial charge in [0.25, 0.3) is 12.3 Å². The van der Waals surface area contributed by atoms with Crippen LogP contribution in [0.1, 0.15) is 42.7 Å². The standard InChI is InChI=1S/C18H23F2N3O4/c1-4-10-26-17(25)13-8-6-7-9-18(13,27-5-2)21-16(24)12-11-23(3)22-14(12)15(19)20/h6-9,11,13,15H,4-5,10H2,1-3H3,(H,21,24)/t13-,18?/m1/s1. The van der Waals surface area contributed by atoms with Crippen LogP contribution in [0.2, 0.25) is 0 Å². The summed E-state index contributed by atoms with van der Waals surface area (Å²) < 4.78 is 38.4. The van der Waals surface area contributed by atoms with Crippen molar-refractivity contribution >= 4 is 11.9 Å². The summed E-state index contributed by atoms with van der Waals surface area (Å²) in [5, 5.41) is 6.21. The van der Waals surface area contributed by atoms with Gasteiger partial charge in [0.15, 0.2) is 5.72 Å². The molecule has 1 N–H and O–H groups in total.